The van der Waals surface area contributed by atoms with Gasteiger partial charge in [0.15, 0.2) is 0 Å². The maximum absolute atomic E-state index is 13.1. The van der Waals surface area contributed by atoms with Crippen LogP contribution in [0.25, 0.3) is 11.0 Å². The van der Waals surface area contributed by atoms with E-state index < -0.39 is 0 Å². The van der Waals surface area contributed by atoms with Crippen LogP contribution < -0.4 is 4.90 Å². The summed E-state index contributed by atoms with van der Waals surface area (Å²) in [5, 5.41) is 8.40. The number of anilines is 1. The summed E-state index contributed by atoms with van der Waals surface area (Å²) in [5.74, 6) is 0.0217. The average Bonchev–Trinajstić information content (AvgIpc) is 3.13. The Morgan fingerprint density at radius 3 is 2.79 bits per heavy atom. The molecule has 1 aromatic heterocycles. The second kappa shape index (κ2) is 5.44. The minimum absolute atomic E-state index is 0.0217. The maximum atomic E-state index is 13.1. The van der Waals surface area contributed by atoms with Crippen LogP contribution in [0, 0.1) is 0 Å². The third-order valence-corrected chi connectivity index (χ3v) is 4.63. The Morgan fingerprint density at radius 1 is 1.21 bits per heavy atom. The summed E-state index contributed by atoms with van der Waals surface area (Å²) in [7, 11) is 0. The van der Waals surface area contributed by atoms with Gasteiger partial charge in [0, 0.05) is 23.3 Å². The summed E-state index contributed by atoms with van der Waals surface area (Å²) < 4.78 is 1.87. The van der Waals surface area contributed by atoms with Gasteiger partial charge in [-0.3, -0.25) is 4.79 Å². The molecule has 0 N–H and O–H groups in total. The maximum Gasteiger partial charge on any atom is 0.258 e. The van der Waals surface area contributed by atoms with Crippen molar-refractivity contribution in [1.29, 1.82) is 0 Å². The van der Waals surface area contributed by atoms with Crippen molar-refractivity contribution < 1.29 is 4.79 Å². The monoisotopic (exact) mass is 320 g/mol. The largest absolute Gasteiger partial charge is 0.305 e. The molecule has 5 heteroatoms. The fourth-order valence-corrected chi connectivity index (χ4v) is 3.47. The molecule has 5 nitrogen and oxygen atoms in total. The van der Waals surface area contributed by atoms with E-state index in [2.05, 4.69) is 37.1 Å². The minimum Gasteiger partial charge on any atom is -0.305 e. The number of hydrogen-bond acceptors (Lipinski definition) is 3. The first-order valence-electron chi connectivity index (χ1n) is 8.32. The van der Waals surface area contributed by atoms with Crippen molar-refractivity contribution in [2.45, 2.75) is 39.3 Å². The molecule has 122 valence electrons. The van der Waals surface area contributed by atoms with Crippen LogP contribution in [0.2, 0.25) is 0 Å². The molecule has 0 spiro atoms. The van der Waals surface area contributed by atoms with Crippen LogP contribution in [-0.4, -0.2) is 26.9 Å². The number of para-hydroxylation sites is 1. The highest BCUT2D eigenvalue weighted by Crippen LogP contribution is 2.33. The molecule has 1 amide bonds. The highest BCUT2D eigenvalue weighted by molar-refractivity contribution is 6.09. The number of amides is 1. The second-order valence-electron chi connectivity index (χ2n) is 6.69. The van der Waals surface area contributed by atoms with E-state index in [4.69, 9.17) is 0 Å². The molecule has 0 unspecified atom stereocenters. The first-order chi connectivity index (χ1) is 11.6. The van der Waals surface area contributed by atoms with Crippen LogP contribution in [0.5, 0.6) is 0 Å². The quantitative estimate of drug-likeness (QED) is 0.725. The van der Waals surface area contributed by atoms with E-state index in [1.54, 1.807) is 0 Å². The van der Waals surface area contributed by atoms with Crippen molar-refractivity contribution in [3.8, 4) is 0 Å². The third-order valence-electron chi connectivity index (χ3n) is 4.63. The Balaban J connectivity index is 1.74. The van der Waals surface area contributed by atoms with Crippen molar-refractivity contribution in [2.75, 3.05) is 4.90 Å². The molecule has 1 atom stereocenters. The van der Waals surface area contributed by atoms with E-state index in [0.29, 0.717) is 5.56 Å². The van der Waals surface area contributed by atoms with Crippen LogP contribution in [0.1, 0.15) is 42.7 Å². The summed E-state index contributed by atoms with van der Waals surface area (Å²) in [6, 6.07) is 14.2. The zero-order valence-corrected chi connectivity index (χ0v) is 14.1. The van der Waals surface area contributed by atoms with Crippen molar-refractivity contribution in [3.63, 3.8) is 0 Å². The SMILES string of the molecule is CC(C)n1nnc2cc(C(=O)N3c4ccccc4C[C@@H]3C)ccc21. The number of carbonyl (C=O) groups is 1. The molecule has 0 bridgehead atoms. The lowest BCUT2D eigenvalue weighted by Gasteiger charge is -2.22. The second-order valence-corrected chi connectivity index (χ2v) is 6.69. The van der Waals surface area contributed by atoms with Crippen LogP contribution in [0.3, 0.4) is 0 Å². The summed E-state index contributed by atoms with van der Waals surface area (Å²) in [6.45, 7) is 6.22. The van der Waals surface area contributed by atoms with Crippen LogP contribution in [0.15, 0.2) is 42.5 Å². The molecule has 0 saturated heterocycles. The zero-order valence-electron chi connectivity index (χ0n) is 14.1. The molecular formula is C19H20N4O. The fourth-order valence-electron chi connectivity index (χ4n) is 3.47. The molecule has 2 aromatic carbocycles. The molecule has 0 aliphatic carbocycles. The summed E-state index contributed by atoms with van der Waals surface area (Å²) in [6.07, 6.45) is 0.897. The van der Waals surface area contributed by atoms with Gasteiger partial charge in [0.1, 0.15) is 5.52 Å². The molecule has 0 fully saturated rings. The Bertz CT molecular complexity index is 928. The Kier molecular flexibility index (Phi) is 3.37. The standard InChI is InChI=1S/C19H20N4O/c1-12(2)23-18-9-8-15(11-16(18)20-21-23)19(24)22-13(3)10-14-6-4-5-7-17(14)22/h4-9,11-13H,10H2,1-3H3/t13-/m0/s1. The van der Waals surface area contributed by atoms with Gasteiger partial charge in [0.25, 0.3) is 5.91 Å². The summed E-state index contributed by atoms with van der Waals surface area (Å²) in [4.78, 5) is 15.0. The van der Waals surface area contributed by atoms with Crippen LogP contribution in [0.4, 0.5) is 5.69 Å². The molecule has 24 heavy (non-hydrogen) atoms. The third kappa shape index (κ3) is 2.19. The lowest BCUT2D eigenvalue weighted by atomic mass is 10.1. The molecule has 4 rings (SSSR count). The van der Waals surface area contributed by atoms with Gasteiger partial charge < -0.3 is 4.90 Å². The average molecular weight is 320 g/mol. The topological polar surface area (TPSA) is 51.0 Å². The molecule has 3 aromatic rings. The van der Waals surface area contributed by atoms with Gasteiger partial charge in [0.2, 0.25) is 0 Å². The molecule has 1 aliphatic heterocycles. The smallest absolute Gasteiger partial charge is 0.258 e. The molecular weight excluding hydrogens is 300 g/mol. The number of aromatic nitrogens is 3. The predicted molar refractivity (Wildman–Crippen MR) is 94.3 cm³/mol. The molecule has 1 aliphatic rings. The van der Waals surface area contributed by atoms with Crippen LogP contribution >= 0.6 is 0 Å². The summed E-state index contributed by atoms with van der Waals surface area (Å²) >= 11 is 0. The van der Waals surface area contributed by atoms with E-state index in [1.165, 1.54) is 5.56 Å². The van der Waals surface area contributed by atoms with Gasteiger partial charge in [-0.25, -0.2) is 4.68 Å². The van der Waals surface area contributed by atoms with Crippen molar-refractivity contribution in [1.82, 2.24) is 15.0 Å². The van der Waals surface area contributed by atoms with Crippen molar-refractivity contribution in [2.24, 2.45) is 0 Å². The van der Waals surface area contributed by atoms with Gasteiger partial charge in [0.05, 0.1) is 5.52 Å². The van der Waals surface area contributed by atoms with Gasteiger partial charge in [-0.2, -0.15) is 0 Å². The Labute approximate surface area is 140 Å². The number of hydrogen-bond donors (Lipinski definition) is 0. The van der Waals surface area contributed by atoms with E-state index >= 15 is 0 Å². The number of nitrogens with zero attached hydrogens (tertiary/aromatic N) is 4. The van der Waals surface area contributed by atoms with Crippen molar-refractivity contribution in [3.05, 3.63) is 53.6 Å². The van der Waals surface area contributed by atoms with Gasteiger partial charge in [-0.15, -0.1) is 5.10 Å². The van der Waals surface area contributed by atoms with Crippen molar-refractivity contribution >= 4 is 22.6 Å². The van der Waals surface area contributed by atoms with E-state index in [-0.39, 0.29) is 18.0 Å². The number of fused-ring (bicyclic) bond motifs is 2. The highest BCUT2D eigenvalue weighted by atomic mass is 16.2. The van der Waals surface area contributed by atoms with Crippen LogP contribution in [-0.2, 0) is 6.42 Å². The molecule has 0 radical (unpaired) electrons. The molecule has 0 saturated carbocycles. The zero-order chi connectivity index (χ0) is 16.8. The van der Waals surface area contributed by atoms with Gasteiger partial charge in [-0.1, -0.05) is 23.4 Å². The number of benzene rings is 2. The Hall–Kier alpha value is -2.69. The normalized spacial score (nSPS) is 16.8. The Morgan fingerprint density at radius 2 is 2.00 bits per heavy atom. The van der Waals surface area contributed by atoms with E-state index in [0.717, 1.165) is 23.1 Å². The summed E-state index contributed by atoms with van der Waals surface area (Å²) in [5.41, 5.74) is 4.61. The first kappa shape index (κ1) is 14.9. The number of rotatable bonds is 2. The lowest BCUT2D eigenvalue weighted by molar-refractivity contribution is 0.0981. The highest BCUT2D eigenvalue weighted by Gasteiger charge is 2.31. The predicted octanol–water partition coefficient (Wildman–Crippen LogP) is 3.60. The minimum atomic E-state index is 0.0217. The lowest BCUT2D eigenvalue weighted by Crippen LogP contribution is -2.35. The first-order valence-corrected chi connectivity index (χ1v) is 8.32. The van der Waals surface area contributed by atoms with Gasteiger partial charge in [-0.05, 0) is 57.0 Å². The molecule has 2 heterocycles. The van der Waals surface area contributed by atoms with Gasteiger partial charge >= 0.3 is 0 Å². The number of carbonyl (C=O) groups excluding carboxylic acids is 1. The fraction of sp³-hybridized carbons (Fsp3) is 0.316. The van der Waals surface area contributed by atoms with E-state index in [9.17, 15) is 4.79 Å². The van der Waals surface area contributed by atoms with E-state index in [1.807, 2.05) is 46.0 Å².